The summed E-state index contributed by atoms with van der Waals surface area (Å²) in [5, 5.41) is 0.973. The van der Waals surface area contributed by atoms with Gasteiger partial charge in [-0.3, -0.25) is 0 Å². The zero-order valence-electron chi connectivity index (χ0n) is 19.3. The minimum absolute atomic E-state index is 0.111. The summed E-state index contributed by atoms with van der Waals surface area (Å²) in [6, 6.07) is 15.7. The van der Waals surface area contributed by atoms with E-state index in [9.17, 15) is 0 Å². The molecule has 1 aliphatic rings. The highest BCUT2D eigenvalue weighted by Crippen LogP contribution is 2.56. The summed E-state index contributed by atoms with van der Waals surface area (Å²) in [5.74, 6) is 0. The fourth-order valence-electron chi connectivity index (χ4n) is 5.56. The van der Waals surface area contributed by atoms with E-state index in [0.717, 1.165) is 5.02 Å². The normalized spacial score (nSPS) is 14.0. The fraction of sp³-hybridized carbons (Fsp3) is 0.586. The van der Waals surface area contributed by atoms with Gasteiger partial charge in [0, 0.05) is 10.4 Å². The van der Waals surface area contributed by atoms with E-state index in [1.807, 2.05) is 0 Å². The summed E-state index contributed by atoms with van der Waals surface area (Å²) in [6.07, 6.45) is 18.7. The first kappa shape index (κ1) is 23.4. The van der Waals surface area contributed by atoms with Crippen LogP contribution in [0.25, 0.3) is 11.1 Å². The minimum Gasteiger partial charge on any atom is -0.0840 e. The molecular formula is C29H41Cl. The SMILES string of the molecule is CCCCCCCCC1(CCCCCCCC)c2ccccc2-c2cccc(Cl)c21. The molecule has 0 bridgehead atoms. The molecule has 0 heterocycles. The first-order valence-electron chi connectivity index (χ1n) is 12.6. The maximum Gasteiger partial charge on any atom is 0.0453 e. The van der Waals surface area contributed by atoms with Gasteiger partial charge in [-0.2, -0.15) is 0 Å². The average molecular weight is 425 g/mol. The number of rotatable bonds is 14. The molecule has 0 radical (unpaired) electrons. The highest BCUT2D eigenvalue weighted by atomic mass is 35.5. The van der Waals surface area contributed by atoms with Crippen LogP contribution in [-0.4, -0.2) is 0 Å². The van der Waals surface area contributed by atoms with Crippen LogP contribution >= 0.6 is 11.6 Å². The molecule has 0 amide bonds. The first-order chi connectivity index (χ1) is 14.7. The maximum absolute atomic E-state index is 6.91. The van der Waals surface area contributed by atoms with Gasteiger partial charge in [-0.1, -0.05) is 139 Å². The second-order valence-corrected chi connectivity index (χ2v) is 9.73. The third kappa shape index (κ3) is 5.31. The van der Waals surface area contributed by atoms with Crippen LogP contribution in [0.15, 0.2) is 42.5 Å². The number of hydrogen-bond donors (Lipinski definition) is 0. The number of benzene rings is 2. The summed E-state index contributed by atoms with van der Waals surface area (Å²) in [5.41, 5.74) is 5.88. The summed E-state index contributed by atoms with van der Waals surface area (Å²) in [7, 11) is 0. The van der Waals surface area contributed by atoms with Crippen molar-refractivity contribution >= 4 is 11.6 Å². The Labute approximate surface area is 190 Å². The van der Waals surface area contributed by atoms with E-state index in [2.05, 4.69) is 56.3 Å². The molecule has 0 saturated heterocycles. The lowest BCUT2D eigenvalue weighted by Gasteiger charge is -2.33. The van der Waals surface area contributed by atoms with Gasteiger partial charge in [-0.25, -0.2) is 0 Å². The van der Waals surface area contributed by atoms with Crippen molar-refractivity contribution in [2.45, 2.75) is 109 Å². The molecule has 0 atom stereocenters. The number of halogens is 1. The van der Waals surface area contributed by atoms with Gasteiger partial charge in [0.2, 0.25) is 0 Å². The second kappa shape index (κ2) is 11.9. The molecule has 0 N–H and O–H groups in total. The van der Waals surface area contributed by atoms with Gasteiger partial charge in [0.1, 0.15) is 0 Å². The minimum atomic E-state index is 0.111. The molecule has 0 spiro atoms. The highest BCUT2D eigenvalue weighted by Gasteiger charge is 2.43. The fourth-order valence-corrected chi connectivity index (χ4v) is 5.92. The van der Waals surface area contributed by atoms with Crippen LogP contribution in [0.3, 0.4) is 0 Å². The van der Waals surface area contributed by atoms with Crippen molar-refractivity contribution in [2.24, 2.45) is 0 Å². The van der Waals surface area contributed by atoms with Crippen LogP contribution in [-0.2, 0) is 5.41 Å². The molecule has 164 valence electrons. The zero-order chi connectivity index (χ0) is 21.2. The lowest BCUT2D eigenvalue weighted by molar-refractivity contribution is 0.398. The Balaban J connectivity index is 1.81. The molecule has 0 aromatic heterocycles. The summed E-state index contributed by atoms with van der Waals surface area (Å²) in [6.45, 7) is 4.59. The highest BCUT2D eigenvalue weighted by molar-refractivity contribution is 6.32. The van der Waals surface area contributed by atoms with Gasteiger partial charge in [0.05, 0.1) is 0 Å². The quantitative estimate of drug-likeness (QED) is 0.264. The van der Waals surface area contributed by atoms with Gasteiger partial charge in [-0.05, 0) is 41.2 Å². The Morgan fingerprint density at radius 3 is 1.77 bits per heavy atom. The molecular weight excluding hydrogens is 384 g/mol. The number of hydrogen-bond acceptors (Lipinski definition) is 0. The molecule has 1 aliphatic carbocycles. The predicted octanol–water partition coefficient (Wildman–Crippen LogP) is 10.1. The molecule has 0 saturated carbocycles. The molecule has 2 aromatic rings. The second-order valence-electron chi connectivity index (χ2n) is 9.33. The Morgan fingerprint density at radius 1 is 0.600 bits per heavy atom. The number of unbranched alkanes of at least 4 members (excludes halogenated alkanes) is 10. The van der Waals surface area contributed by atoms with Crippen molar-refractivity contribution in [3.05, 3.63) is 58.6 Å². The molecule has 0 nitrogen and oxygen atoms in total. The topological polar surface area (TPSA) is 0 Å². The van der Waals surface area contributed by atoms with Gasteiger partial charge in [-0.15, -0.1) is 0 Å². The van der Waals surface area contributed by atoms with Gasteiger partial charge >= 0.3 is 0 Å². The first-order valence-corrected chi connectivity index (χ1v) is 13.0. The molecule has 0 fully saturated rings. The van der Waals surface area contributed by atoms with E-state index >= 15 is 0 Å². The van der Waals surface area contributed by atoms with Gasteiger partial charge in [0.15, 0.2) is 0 Å². The van der Waals surface area contributed by atoms with E-state index in [1.165, 1.54) is 112 Å². The molecule has 30 heavy (non-hydrogen) atoms. The van der Waals surface area contributed by atoms with E-state index in [0.29, 0.717) is 0 Å². The smallest absolute Gasteiger partial charge is 0.0453 e. The Bertz CT molecular complexity index is 760. The Kier molecular flexibility index (Phi) is 9.31. The van der Waals surface area contributed by atoms with E-state index < -0.39 is 0 Å². The van der Waals surface area contributed by atoms with Gasteiger partial charge < -0.3 is 0 Å². The number of fused-ring (bicyclic) bond motifs is 3. The van der Waals surface area contributed by atoms with E-state index in [1.54, 1.807) is 0 Å². The summed E-state index contributed by atoms with van der Waals surface area (Å²) in [4.78, 5) is 0. The Hall–Kier alpha value is -1.27. The van der Waals surface area contributed by atoms with E-state index in [4.69, 9.17) is 11.6 Å². The standard InChI is InChI=1S/C29H41Cl/c1-3-5-7-9-11-15-22-29(23-16-12-10-8-6-4-2)26-20-14-13-18-24(26)25-19-17-21-27(30)28(25)29/h13-14,17-21H,3-12,15-16,22-23H2,1-2H3. The van der Waals surface area contributed by atoms with Crippen molar-refractivity contribution < 1.29 is 0 Å². The van der Waals surface area contributed by atoms with Crippen molar-refractivity contribution in [1.82, 2.24) is 0 Å². The summed E-state index contributed by atoms with van der Waals surface area (Å²) >= 11 is 6.91. The molecule has 0 unspecified atom stereocenters. The Morgan fingerprint density at radius 2 is 1.13 bits per heavy atom. The molecule has 3 rings (SSSR count). The van der Waals surface area contributed by atoms with E-state index in [-0.39, 0.29) is 5.41 Å². The van der Waals surface area contributed by atoms with Crippen LogP contribution in [0.1, 0.15) is 115 Å². The molecule has 0 aliphatic heterocycles. The monoisotopic (exact) mass is 424 g/mol. The maximum atomic E-state index is 6.91. The zero-order valence-corrected chi connectivity index (χ0v) is 20.1. The average Bonchev–Trinajstić information content (AvgIpc) is 3.05. The van der Waals surface area contributed by atoms with Gasteiger partial charge in [0.25, 0.3) is 0 Å². The van der Waals surface area contributed by atoms with Crippen molar-refractivity contribution in [3.63, 3.8) is 0 Å². The van der Waals surface area contributed by atoms with Crippen LogP contribution in [0.5, 0.6) is 0 Å². The van der Waals surface area contributed by atoms with Crippen LogP contribution < -0.4 is 0 Å². The largest absolute Gasteiger partial charge is 0.0840 e. The third-order valence-corrected chi connectivity index (χ3v) is 7.45. The lowest BCUT2D eigenvalue weighted by Crippen LogP contribution is -2.26. The lowest BCUT2D eigenvalue weighted by atomic mass is 9.70. The van der Waals surface area contributed by atoms with Crippen LogP contribution in [0, 0.1) is 0 Å². The van der Waals surface area contributed by atoms with Crippen molar-refractivity contribution in [1.29, 1.82) is 0 Å². The molecule has 2 aromatic carbocycles. The van der Waals surface area contributed by atoms with Crippen molar-refractivity contribution in [2.75, 3.05) is 0 Å². The van der Waals surface area contributed by atoms with Crippen molar-refractivity contribution in [3.8, 4) is 11.1 Å². The molecule has 1 heteroatoms. The van der Waals surface area contributed by atoms with Crippen LogP contribution in [0.2, 0.25) is 5.02 Å². The third-order valence-electron chi connectivity index (χ3n) is 7.14. The van der Waals surface area contributed by atoms with Crippen LogP contribution in [0.4, 0.5) is 0 Å². The predicted molar refractivity (Wildman–Crippen MR) is 134 cm³/mol. The summed E-state index contributed by atoms with van der Waals surface area (Å²) < 4.78 is 0.